The fraction of sp³-hybridized carbons (Fsp3) is 0.400. The zero-order valence-corrected chi connectivity index (χ0v) is 10.9. The average molecular weight is 258 g/mol. The number of hydrogen-bond acceptors (Lipinski definition) is 3. The van der Waals surface area contributed by atoms with E-state index in [-0.39, 0.29) is 5.91 Å². The maximum atomic E-state index is 11.7. The van der Waals surface area contributed by atoms with Gasteiger partial charge < -0.3 is 15.4 Å². The van der Waals surface area contributed by atoms with Gasteiger partial charge in [0.1, 0.15) is 0 Å². The highest BCUT2D eigenvalue weighted by Gasteiger charge is 2.18. The highest BCUT2D eigenvalue weighted by atomic mass is 16.5. The second-order valence-corrected chi connectivity index (χ2v) is 4.97. The van der Waals surface area contributed by atoms with E-state index in [2.05, 4.69) is 17.0 Å². The van der Waals surface area contributed by atoms with Gasteiger partial charge in [0, 0.05) is 24.3 Å². The maximum absolute atomic E-state index is 11.7. The van der Waals surface area contributed by atoms with Crippen LogP contribution in [0.15, 0.2) is 18.2 Å². The van der Waals surface area contributed by atoms with Crippen LogP contribution in [0.5, 0.6) is 0 Å². The molecule has 100 valence electrons. The van der Waals surface area contributed by atoms with Crippen LogP contribution in [0.2, 0.25) is 0 Å². The van der Waals surface area contributed by atoms with Crippen molar-refractivity contribution in [2.45, 2.75) is 12.8 Å². The summed E-state index contributed by atoms with van der Waals surface area (Å²) in [6.07, 6.45) is 6.12. The standard InChI is InChI=1S/C15H18N2O2/c16-15(18)14-10-12(17-5-7-19-8-6-17)9-11-3-1-2-4-13(11)14/h2,4,9-10H,1,3,5-8H2,(H2,16,18). The Labute approximate surface area is 112 Å². The molecule has 4 nitrogen and oxygen atoms in total. The van der Waals surface area contributed by atoms with E-state index in [4.69, 9.17) is 10.5 Å². The first-order valence-electron chi connectivity index (χ1n) is 6.71. The Hall–Kier alpha value is -1.81. The lowest BCUT2D eigenvalue weighted by Gasteiger charge is -2.30. The first kappa shape index (κ1) is 12.2. The van der Waals surface area contributed by atoms with Crippen molar-refractivity contribution in [2.24, 2.45) is 5.73 Å². The average Bonchev–Trinajstić information content (AvgIpc) is 2.47. The van der Waals surface area contributed by atoms with Crippen molar-refractivity contribution in [3.8, 4) is 0 Å². The predicted molar refractivity (Wildman–Crippen MR) is 75.3 cm³/mol. The number of primary amides is 1. The number of benzene rings is 1. The van der Waals surface area contributed by atoms with Crippen molar-refractivity contribution in [1.29, 1.82) is 0 Å². The lowest BCUT2D eigenvalue weighted by molar-refractivity contribution is 0.1000. The minimum absolute atomic E-state index is 0.349. The van der Waals surface area contributed by atoms with Crippen LogP contribution in [0.3, 0.4) is 0 Å². The largest absolute Gasteiger partial charge is 0.378 e. The summed E-state index contributed by atoms with van der Waals surface area (Å²) in [5.41, 5.74) is 9.46. The molecule has 1 saturated heterocycles. The van der Waals surface area contributed by atoms with Crippen LogP contribution in [0.1, 0.15) is 27.9 Å². The van der Waals surface area contributed by atoms with E-state index in [1.807, 2.05) is 12.1 Å². The smallest absolute Gasteiger partial charge is 0.249 e. The number of fused-ring (bicyclic) bond motifs is 1. The second-order valence-electron chi connectivity index (χ2n) is 4.97. The van der Waals surface area contributed by atoms with Crippen LogP contribution < -0.4 is 10.6 Å². The zero-order chi connectivity index (χ0) is 13.2. The number of carbonyl (C=O) groups is 1. The van der Waals surface area contributed by atoms with Gasteiger partial charge >= 0.3 is 0 Å². The van der Waals surface area contributed by atoms with Gasteiger partial charge in [-0.3, -0.25) is 4.79 Å². The van der Waals surface area contributed by atoms with E-state index < -0.39 is 0 Å². The predicted octanol–water partition coefficient (Wildman–Crippen LogP) is 1.58. The molecule has 3 rings (SSSR count). The Morgan fingerprint density at radius 1 is 1.26 bits per heavy atom. The quantitative estimate of drug-likeness (QED) is 0.876. The monoisotopic (exact) mass is 258 g/mol. The molecule has 1 aromatic rings. The number of rotatable bonds is 2. The number of carbonyl (C=O) groups excluding carboxylic acids is 1. The van der Waals surface area contributed by atoms with Crippen LogP contribution in [0, 0.1) is 0 Å². The molecule has 0 aromatic heterocycles. The van der Waals surface area contributed by atoms with E-state index in [9.17, 15) is 4.79 Å². The fourth-order valence-corrected chi connectivity index (χ4v) is 2.75. The van der Waals surface area contributed by atoms with Crippen LogP contribution >= 0.6 is 0 Å². The summed E-state index contributed by atoms with van der Waals surface area (Å²) in [6, 6.07) is 4.11. The Kier molecular flexibility index (Phi) is 3.25. The van der Waals surface area contributed by atoms with Crippen molar-refractivity contribution in [3.63, 3.8) is 0 Å². The molecule has 1 aliphatic carbocycles. The molecule has 0 spiro atoms. The molecule has 4 heteroatoms. The van der Waals surface area contributed by atoms with Gasteiger partial charge in [0.25, 0.3) is 0 Å². The third-order valence-electron chi connectivity index (χ3n) is 3.76. The third kappa shape index (κ3) is 2.36. The molecular weight excluding hydrogens is 240 g/mol. The number of aryl methyl sites for hydroxylation is 1. The number of amides is 1. The zero-order valence-electron chi connectivity index (χ0n) is 10.9. The highest BCUT2D eigenvalue weighted by Crippen LogP contribution is 2.29. The Morgan fingerprint density at radius 3 is 2.79 bits per heavy atom. The number of anilines is 1. The molecule has 1 fully saturated rings. The van der Waals surface area contributed by atoms with Gasteiger partial charge in [0.2, 0.25) is 5.91 Å². The molecule has 0 unspecified atom stereocenters. The van der Waals surface area contributed by atoms with E-state index in [0.717, 1.165) is 50.4 Å². The first-order valence-corrected chi connectivity index (χ1v) is 6.71. The van der Waals surface area contributed by atoms with Gasteiger partial charge in [0.15, 0.2) is 0 Å². The summed E-state index contributed by atoms with van der Waals surface area (Å²) in [6.45, 7) is 3.21. The topological polar surface area (TPSA) is 55.6 Å². The Morgan fingerprint density at radius 2 is 2.05 bits per heavy atom. The van der Waals surface area contributed by atoms with Crippen molar-refractivity contribution >= 4 is 17.7 Å². The highest BCUT2D eigenvalue weighted by molar-refractivity contribution is 5.98. The van der Waals surface area contributed by atoms with E-state index in [1.165, 1.54) is 5.56 Å². The molecule has 0 bridgehead atoms. The van der Waals surface area contributed by atoms with Gasteiger partial charge in [0.05, 0.1) is 13.2 Å². The maximum Gasteiger partial charge on any atom is 0.249 e. The Balaban J connectivity index is 2.04. The van der Waals surface area contributed by atoms with Crippen molar-refractivity contribution in [3.05, 3.63) is 34.9 Å². The second kappa shape index (κ2) is 5.05. The molecule has 0 atom stereocenters. The molecule has 19 heavy (non-hydrogen) atoms. The SMILES string of the molecule is NC(=O)c1cc(N2CCOCC2)cc2c1C=CCC2. The van der Waals surface area contributed by atoms with E-state index in [0.29, 0.717) is 5.56 Å². The first-order chi connectivity index (χ1) is 9.25. The molecule has 2 N–H and O–H groups in total. The number of nitrogens with zero attached hydrogens (tertiary/aromatic N) is 1. The number of nitrogens with two attached hydrogens (primary N) is 1. The summed E-state index contributed by atoms with van der Waals surface area (Å²) in [5.74, 6) is -0.349. The van der Waals surface area contributed by atoms with E-state index in [1.54, 1.807) is 0 Å². The molecule has 1 aliphatic heterocycles. The molecule has 2 aliphatic rings. The van der Waals surface area contributed by atoms with Gasteiger partial charge in [-0.15, -0.1) is 0 Å². The van der Waals surface area contributed by atoms with Crippen LogP contribution in [0.25, 0.3) is 6.08 Å². The molecular formula is C15H18N2O2. The molecule has 0 radical (unpaired) electrons. The molecule has 1 heterocycles. The number of hydrogen-bond donors (Lipinski definition) is 1. The molecule has 0 saturated carbocycles. The summed E-state index contributed by atoms with van der Waals surface area (Å²) >= 11 is 0. The van der Waals surface area contributed by atoms with Crippen LogP contribution in [0.4, 0.5) is 5.69 Å². The Bertz CT molecular complexity index is 531. The summed E-state index contributed by atoms with van der Waals surface area (Å²) in [5, 5.41) is 0. The minimum atomic E-state index is -0.349. The number of allylic oxidation sites excluding steroid dienone is 1. The van der Waals surface area contributed by atoms with Crippen LogP contribution in [-0.4, -0.2) is 32.2 Å². The summed E-state index contributed by atoms with van der Waals surface area (Å²) in [4.78, 5) is 13.9. The number of morpholine rings is 1. The summed E-state index contributed by atoms with van der Waals surface area (Å²) < 4.78 is 5.37. The van der Waals surface area contributed by atoms with Gasteiger partial charge in [-0.25, -0.2) is 0 Å². The van der Waals surface area contributed by atoms with Gasteiger partial charge in [-0.05, 0) is 36.1 Å². The normalized spacial score (nSPS) is 18.2. The van der Waals surface area contributed by atoms with Crippen molar-refractivity contribution in [1.82, 2.24) is 0 Å². The van der Waals surface area contributed by atoms with Crippen molar-refractivity contribution < 1.29 is 9.53 Å². The third-order valence-corrected chi connectivity index (χ3v) is 3.76. The summed E-state index contributed by atoms with van der Waals surface area (Å²) in [7, 11) is 0. The van der Waals surface area contributed by atoms with Crippen LogP contribution in [-0.2, 0) is 11.2 Å². The lowest BCUT2D eigenvalue weighted by Crippen LogP contribution is -2.36. The number of ether oxygens (including phenoxy) is 1. The van der Waals surface area contributed by atoms with E-state index >= 15 is 0 Å². The minimum Gasteiger partial charge on any atom is -0.378 e. The van der Waals surface area contributed by atoms with Crippen molar-refractivity contribution in [2.75, 3.05) is 31.2 Å². The van der Waals surface area contributed by atoms with Gasteiger partial charge in [-0.1, -0.05) is 12.2 Å². The lowest BCUT2D eigenvalue weighted by atomic mass is 9.92. The molecule has 1 aromatic carbocycles. The van der Waals surface area contributed by atoms with Gasteiger partial charge in [-0.2, -0.15) is 0 Å². The fourth-order valence-electron chi connectivity index (χ4n) is 2.75. The molecule has 1 amide bonds.